The van der Waals surface area contributed by atoms with Crippen LogP contribution in [0.3, 0.4) is 0 Å². The zero-order valence-electron chi connectivity index (χ0n) is 25.2. The third kappa shape index (κ3) is 11.9. The van der Waals surface area contributed by atoms with E-state index < -0.39 is 126 Å². The van der Waals surface area contributed by atoms with Crippen molar-refractivity contribution in [2.24, 2.45) is 0 Å². The van der Waals surface area contributed by atoms with Crippen LogP contribution < -0.4 is 59.1 Å². The van der Waals surface area contributed by atoms with E-state index in [0.717, 1.165) is 0 Å². The zero-order valence-corrected chi connectivity index (χ0v) is 30.8. The van der Waals surface area contributed by atoms with Crippen molar-refractivity contribution >= 4 is 20.8 Å². The fourth-order valence-electron chi connectivity index (χ4n) is 4.72. The van der Waals surface area contributed by atoms with Gasteiger partial charge in [0.15, 0.2) is 18.9 Å². The minimum atomic E-state index is -5.57. The van der Waals surface area contributed by atoms with Gasteiger partial charge in [-0.05, 0) is 13.3 Å². The molecule has 0 spiro atoms. The largest absolute Gasteiger partial charge is 1.00 e. The van der Waals surface area contributed by atoms with Crippen LogP contribution in [0.25, 0.3) is 0 Å². The molecule has 25 heteroatoms. The fraction of sp³-hybridized carbons (Fsp3) is 1.00. The number of aliphatic hydroxyl groups excluding tert-OH is 7. The Morgan fingerprint density at radius 2 is 1.22 bits per heavy atom. The molecule has 0 amide bonds. The zero-order chi connectivity index (χ0) is 33.1. The predicted octanol–water partition coefficient (Wildman–Crippen LogP) is -12.1. The summed E-state index contributed by atoms with van der Waals surface area (Å²) in [4.78, 5) is 0. The van der Waals surface area contributed by atoms with E-state index in [-0.39, 0.29) is 65.7 Å². The van der Waals surface area contributed by atoms with Gasteiger partial charge in [0, 0.05) is 6.61 Å². The predicted molar refractivity (Wildman–Crippen MR) is 131 cm³/mol. The number of rotatable bonds is 13. The monoisotopic (exact) mass is 734 g/mol. The molecule has 0 bridgehead atoms. The van der Waals surface area contributed by atoms with Crippen LogP contribution >= 0.6 is 0 Å². The maximum absolute atomic E-state index is 11.3. The van der Waals surface area contributed by atoms with Crippen LogP contribution in [0, 0.1) is 0 Å². The van der Waals surface area contributed by atoms with E-state index in [1.165, 1.54) is 6.92 Å². The number of hydrogen-bond acceptors (Lipinski definition) is 21. The molecule has 0 aromatic carbocycles. The molecule has 7 N–H and O–H groups in total. The minimum absolute atomic E-state index is 0. The Hall–Kier alpha value is 1.22. The van der Waals surface area contributed by atoms with Crippen LogP contribution in [0.4, 0.5) is 0 Å². The molecule has 0 radical (unpaired) electrons. The molecule has 21 nitrogen and oxygen atoms in total. The Kier molecular flexibility index (Phi) is 18.9. The summed E-state index contributed by atoms with van der Waals surface area (Å²) >= 11 is 0. The maximum Gasteiger partial charge on any atom is 1.00 e. The van der Waals surface area contributed by atoms with Gasteiger partial charge in [-0.25, -0.2) is 16.8 Å². The summed E-state index contributed by atoms with van der Waals surface area (Å²) in [5, 5.41) is 72.6. The molecule has 0 saturated carbocycles. The standard InChI is InChI=1S/C21H38O21S2.2Na/c1-3-4-35-19-15(28)18(41-20-13(26)12(25)10(23)7(2)37-20)16(9(39-19)6-36-43(29,30)31)40-21-14(27)17(42-44(32,33)34)11(24)8(5-22)38-21;;/h7-28H,3-6H2,1-2H3,(H,29,30,31)(H,32,33,34);;/q;2*+1/p-2/t7-,8+,9+,10+,11-,12+,13-,14+,15+,16+,17-,18+,19+,20-,21-;;/m0../s1. The van der Waals surface area contributed by atoms with E-state index in [1.54, 1.807) is 6.92 Å². The topological polar surface area (TPSA) is 330 Å². The van der Waals surface area contributed by atoms with Crippen molar-refractivity contribution in [1.82, 2.24) is 0 Å². The van der Waals surface area contributed by atoms with Crippen molar-refractivity contribution in [2.75, 3.05) is 19.8 Å². The number of ether oxygens (including phenoxy) is 6. The van der Waals surface area contributed by atoms with E-state index in [4.69, 9.17) is 28.4 Å². The third-order valence-corrected chi connectivity index (χ3v) is 7.80. The summed E-state index contributed by atoms with van der Waals surface area (Å²) in [6.07, 6.45) is -27.7. The number of hydrogen-bond donors (Lipinski definition) is 7. The van der Waals surface area contributed by atoms with Crippen LogP contribution in [0.2, 0.25) is 0 Å². The first-order chi connectivity index (χ1) is 20.4. The van der Waals surface area contributed by atoms with Crippen LogP contribution in [0.5, 0.6) is 0 Å². The van der Waals surface area contributed by atoms with Crippen molar-refractivity contribution in [3.05, 3.63) is 0 Å². The molecule has 3 heterocycles. The Bertz CT molecular complexity index is 1130. The molecule has 46 heavy (non-hydrogen) atoms. The van der Waals surface area contributed by atoms with Gasteiger partial charge < -0.3 is 73.3 Å². The second-order valence-electron chi connectivity index (χ2n) is 10.2. The van der Waals surface area contributed by atoms with E-state index in [1.807, 2.05) is 0 Å². The average molecular weight is 735 g/mol. The van der Waals surface area contributed by atoms with E-state index in [9.17, 15) is 61.7 Å². The summed E-state index contributed by atoms with van der Waals surface area (Å²) in [5.74, 6) is 0. The molecule has 3 saturated heterocycles. The van der Waals surface area contributed by atoms with Gasteiger partial charge in [0.1, 0.15) is 67.1 Å². The summed E-state index contributed by atoms with van der Waals surface area (Å²) in [5.41, 5.74) is 0. The molecule has 260 valence electrons. The van der Waals surface area contributed by atoms with Gasteiger partial charge in [-0.15, -0.1) is 0 Å². The molecule has 3 fully saturated rings. The van der Waals surface area contributed by atoms with Crippen molar-refractivity contribution in [1.29, 1.82) is 0 Å². The fourth-order valence-corrected chi connectivity index (χ4v) is 5.52. The Labute approximate surface area is 308 Å². The van der Waals surface area contributed by atoms with Crippen molar-refractivity contribution in [3.63, 3.8) is 0 Å². The normalized spacial score (nSPS) is 42.1. The van der Waals surface area contributed by atoms with E-state index in [2.05, 4.69) is 8.37 Å². The second-order valence-corrected chi connectivity index (χ2v) is 12.2. The average Bonchev–Trinajstić information content (AvgIpc) is 2.93. The first kappa shape index (κ1) is 45.2. The molecule has 15 atom stereocenters. The Morgan fingerprint density at radius 1 is 0.674 bits per heavy atom. The van der Waals surface area contributed by atoms with Gasteiger partial charge in [0.25, 0.3) is 0 Å². The first-order valence-corrected chi connectivity index (χ1v) is 15.9. The molecule has 3 rings (SSSR count). The summed E-state index contributed by atoms with van der Waals surface area (Å²) in [7, 11) is -11.0. The van der Waals surface area contributed by atoms with E-state index >= 15 is 0 Å². The van der Waals surface area contributed by atoms with Crippen molar-refractivity contribution in [3.8, 4) is 0 Å². The molecule has 0 aliphatic carbocycles. The minimum Gasteiger partial charge on any atom is -0.726 e. The molecule has 0 aromatic rings. The van der Waals surface area contributed by atoms with Gasteiger partial charge in [-0.1, -0.05) is 6.92 Å². The van der Waals surface area contributed by atoms with Gasteiger partial charge in [-0.3, -0.25) is 8.37 Å². The van der Waals surface area contributed by atoms with Gasteiger partial charge in [0.2, 0.25) is 20.8 Å². The van der Waals surface area contributed by atoms with Crippen molar-refractivity contribution < 1.29 is 158 Å². The Balaban J connectivity index is 0.00000529. The number of aliphatic hydroxyl groups is 7. The summed E-state index contributed by atoms with van der Waals surface area (Å²) < 4.78 is 109. The van der Waals surface area contributed by atoms with Crippen LogP contribution in [-0.4, -0.2) is 174 Å². The summed E-state index contributed by atoms with van der Waals surface area (Å²) in [6, 6.07) is 0. The Morgan fingerprint density at radius 3 is 1.76 bits per heavy atom. The van der Waals surface area contributed by atoms with Crippen LogP contribution in [0.1, 0.15) is 20.3 Å². The summed E-state index contributed by atoms with van der Waals surface area (Å²) in [6.45, 7) is 0.772. The molecule has 0 unspecified atom stereocenters. The first-order valence-electron chi connectivity index (χ1n) is 13.2. The molecular weight excluding hydrogens is 698 g/mol. The van der Waals surface area contributed by atoms with Gasteiger partial charge in [-0.2, -0.15) is 0 Å². The molecule has 3 aliphatic rings. The maximum atomic E-state index is 11.3. The van der Waals surface area contributed by atoms with Crippen molar-refractivity contribution in [2.45, 2.75) is 112 Å². The van der Waals surface area contributed by atoms with Crippen LogP contribution in [-0.2, 0) is 57.6 Å². The van der Waals surface area contributed by atoms with Gasteiger partial charge >= 0.3 is 59.1 Å². The van der Waals surface area contributed by atoms with Gasteiger partial charge in [0.05, 0.1) is 19.3 Å². The quantitative estimate of drug-likeness (QED) is 0.0524. The molecular formula is C21H36Na2O21S2. The van der Waals surface area contributed by atoms with E-state index in [0.29, 0.717) is 6.42 Å². The molecule has 3 aliphatic heterocycles. The SMILES string of the molecule is CCCO[C@@H]1O[C@H](COS(=O)(=O)[O-])[C@@H](O[C@@H]2O[C@H](CO)[C@H](O)[C@H](OS(=O)(=O)[O-])[C@H]2O)[C@H](O[C@@H]2O[C@@H](C)[C@@H](O)[C@@H](O)[C@@H]2O)[C@H]1O.[Na+].[Na+]. The molecule has 0 aromatic heterocycles. The second kappa shape index (κ2) is 19.2. The van der Waals surface area contributed by atoms with Crippen LogP contribution in [0.15, 0.2) is 0 Å². The smallest absolute Gasteiger partial charge is 0.726 e. The third-order valence-electron chi connectivity index (χ3n) is 6.92.